The first-order valence-electron chi connectivity index (χ1n) is 16.6. The summed E-state index contributed by atoms with van der Waals surface area (Å²) in [5.41, 5.74) is 4.47. The Kier molecular flexibility index (Phi) is 11.3. The van der Waals surface area contributed by atoms with E-state index in [-0.39, 0.29) is 24.3 Å². The molecule has 0 saturated carbocycles. The highest BCUT2D eigenvalue weighted by Crippen LogP contribution is 2.28. The fourth-order valence-corrected chi connectivity index (χ4v) is 7.56. The number of hydrogen-bond donors (Lipinski definition) is 3. The van der Waals surface area contributed by atoms with Crippen LogP contribution in [-0.4, -0.2) is 108 Å². The topological polar surface area (TPSA) is 110 Å². The molecule has 1 aromatic heterocycles. The van der Waals surface area contributed by atoms with Gasteiger partial charge in [0.15, 0.2) is 0 Å². The molecule has 0 spiro atoms. The van der Waals surface area contributed by atoms with Crippen molar-refractivity contribution in [2.75, 3.05) is 58.9 Å². The molecule has 5 rings (SSSR count). The van der Waals surface area contributed by atoms with E-state index in [9.17, 15) is 14.4 Å². The molecule has 1 aromatic carbocycles. The van der Waals surface area contributed by atoms with Crippen LogP contribution in [0.5, 0.6) is 0 Å². The predicted octanol–water partition coefficient (Wildman–Crippen LogP) is 2.87. The van der Waals surface area contributed by atoms with Crippen molar-refractivity contribution in [1.82, 2.24) is 35.6 Å². The minimum atomic E-state index is -0.706. The van der Waals surface area contributed by atoms with Crippen LogP contribution in [0.4, 0.5) is 0 Å². The highest BCUT2D eigenvalue weighted by molar-refractivity contribution is 7.13. The molecule has 2 atom stereocenters. The Bertz CT molecular complexity index is 1290. The third-order valence-electron chi connectivity index (χ3n) is 9.49. The van der Waals surface area contributed by atoms with Gasteiger partial charge in [-0.1, -0.05) is 45.0 Å². The molecule has 11 heteroatoms. The lowest BCUT2D eigenvalue weighted by Gasteiger charge is -2.38. The normalized spacial score (nSPS) is 21.1. The van der Waals surface area contributed by atoms with Crippen LogP contribution in [-0.2, 0) is 20.9 Å². The standard InChI is InChI=1S/C34H51N7O3S/c1-24-30(45-23-37-24)27-9-7-25(8-10-27)20-36-32(43)28-6-5-15-41(28)33(44)31(34(2,3)4)38-29(42)22-40-18-16-39(17-19-40)21-26-11-13-35-14-12-26/h7-10,23,26,28,31,35H,5-6,11-22H2,1-4H3,(H,36,43)(H,38,42). The summed E-state index contributed by atoms with van der Waals surface area (Å²) in [7, 11) is 0. The Morgan fingerprint density at radius 3 is 2.33 bits per heavy atom. The minimum absolute atomic E-state index is 0.132. The second-order valence-electron chi connectivity index (χ2n) is 14.0. The molecule has 2 aromatic rings. The van der Waals surface area contributed by atoms with Crippen LogP contribution < -0.4 is 16.0 Å². The number of aryl methyl sites for hydroxylation is 1. The van der Waals surface area contributed by atoms with Gasteiger partial charge in [0.25, 0.3) is 0 Å². The third kappa shape index (κ3) is 8.90. The molecule has 10 nitrogen and oxygen atoms in total. The van der Waals surface area contributed by atoms with Gasteiger partial charge in [0.1, 0.15) is 12.1 Å². The summed E-state index contributed by atoms with van der Waals surface area (Å²) >= 11 is 1.62. The monoisotopic (exact) mass is 637 g/mol. The fraction of sp³-hybridized carbons (Fsp3) is 0.647. The molecule has 3 aliphatic heterocycles. The van der Waals surface area contributed by atoms with Crippen molar-refractivity contribution in [3.8, 4) is 10.4 Å². The molecular formula is C34H51N7O3S. The van der Waals surface area contributed by atoms with Gasteiger partial charge in [0.05, 0.1) is 22.6 Å². The average molecular weight is 638 g/mol. The number of benzene rings is 1. The van der Waals surface area contributed by atoms with Gasteiger partial charge in [0, 0.05) is 45.8 Å². The molecular weight excluding hydrogens is 586 g/mol. The van der Waals surface area contributed by atoms with Crippen molar-refractivity contribution in [3.63, 3.8) is 0 Å². The molecule has 0 radical (unpaired) electrons. The lowest BCUT2D eigenvalue weighted by Crippen LogP contribution is -2.59. The van der Waals surface area contributed by atoms with E-state index in [0.29, 0.717) is 19.5 Å². The number of nitrogens with zero attached hydrogens (tertiary/aromatic N) is 4. The van der Waals surface area contributed by atoms with Gasteiger partial charge in [-0.2, -0.15) is 0 Å². The van der Waals surface area contributed by atoms with Gasteiger partial charge in [-0.3, -0.25) is 19.3 Å². The summed E-state index contributed by atoms with van der Waals surface area (Å²) in [6, 6.07) is 6.91. The zero-order chi connectivity index (χ0) is 32.0. The summed E-state index contributed by atoms with van der Waals surface area (Å²) in [6.07, 6.45) is 3.87. The number of nitrogens with one attached hydrogen (secondary N) is 3. The summed E-state index contributed by atoms with van der Waals surface area (Å²) in [5.74, 6) is 0.308. The summed E-state index contributed by atoms with van der Waals surface area (Å²) in [6.45, 7) is 16.1. The van der Waals surface area contributed by atoms with Crippen molar-refractivity contribution in [2.24, 2.45) is 11.3 Å². The third-order valence-corrected chi connectivity index (χ3v) is 10.5. The van der Waals surface area contributed by atoms with Crippen LogP contribution in [0.1, 0.15) is 57.7 Å². The van der Waals surface area contributed by atoms with E-state index in [4.69, 9.17) is 0 Å². The molecule has 3 saturated heterocycles. The summed E-state index contributed by atoms with van der Waals surface area (Å²) in [5, 5.41) is 9.56. The first-order chi connectivity index (χ1) is 21.6. The van der Waals surface area contributed by atoms with Crippen molar-refractivity contribution >= 4 is 29.1 Å². The molecule has 3 fully saturated rings. The molecule has 246 valence electrons. The van der Waals surface area contributed by atoms with Gasteiger partial charge in [-0.15, -0.1) is 11.3 Å². The molecule has 3 amide bonds. The molecule has 4 heterocycles. The highest BCUT2D eigenvalue weighted by Gasteiger charge is 2.42. The van der Waals surface area contributed by atoms with Gasteiger partial charge < -0.3 is 25.8 Å². The number of carbonyl (C=O) groups is 3. The quantitative estimate of drug-likeness (QED) is 0.368. The van der Waals surface area contributed by atoms with E-state index in [2.05, 4.69) is 42.9 Å². The van der Waals surface area contributed by atoms with Gasteiger partial charge in [-0.25, -0.2) is 4.98 Å². The number of piperidine rings is 1. The van der Waals surface area contributed by atoms with Crippen molar-refractivity contribution in [1.29, 1.82) is 0 Å². The Morgan fingerprint density at radius 2 is 1.69 bits per heavy atom. The van der Waals surface area contributed by atoms with E-state index >= 15 is 0 Å². The lowest BCUT2D eigenvalue weighted by atomic mass is 9.85. The lowest BCUT2D eigenvalue weighted by molar-refractivity contribution is -0.144. The van der Waals surface area contributed by atoms with Crippen molar-refractivity contribution < 1.29 is 14.4 Å². The Labute approximate surface area is 272 Å². The molecule has 0 aliphatic carbocycles. The van der Waals surface area contributed by atoms with E-state index < -0.39 is 17.5 Å². The van der Waals surface area contributed by atoms with Gasteiger partial charge in [0.2, 0.25) is 17.7 Å². The number of amides is 3. The predicted molar refractivity (Wildman–Crippen MR) is 179 cm³/mol. The van der Waals surface area contributed by atoms with Crippen LogP contribution >= 0.6 is 11.3 Å². The smallest absolute Gasteiger partial charge is 0.246 e. The molecule has 45 heavy (non-hydrogen) atoms. The van der Waals surface area contributed by atoms with Crippen molar-refractivity contribution in [3.05, 3.63) is 41.0 Å². The fourth-order valence-electron chi connectivity index (χ4n) is 6.75. The average Bonchev–Trinajstić information content (AvgIpc) is 3.69. The number of piperazine rings is 1. The van der Waals surface area contributed by atoms with E-state index in [1.807, 2.05) is 45.3 Å². The zero-order valence-electron chi connectivity index (χ0n) is 27.4. The van der Waals surface area contributed by atoms with E-state index in [1.165, 1.54) is 12.8 Å². The minimum Gasteiger partial charge on any atom is -0.350 e. The number of likely N-dealkylation sites (tertiary alicyclic amines) is 1. The molecule has 3 N–H and O–H groups in total. The van der Waals surface area contributed by atoms with Crippen LogP contribution in [0.15, 0.2) is 29.8 Å². The largest absolute Gasteiger partial charge is 0.350 e. The molecule has 2 unspecified atom stereocenters. The molecule has 3 aliphatic rings. The van der Waals surface area contributed by atoms with Crippen LogP contribution in [0.25, 0.3) is 10.4 Å². The second-order valence-corrected chi connectivity index (χ2v) is 14.9. The van der Waals surface area contributed by atoms with Crippen LogP contribution in [0.3, 0.4) is 0 Å². The van der Waals surface area contributed by atoms with Crippen molar-refractivity contribution in [2.45, 2.75) is 72.0 Å². The summed E-state index contributed by atoms with van der Waals surface area (Å²) < 4.78 is 0. The van der Waals surface area contributed by atoms with Gasteiger partial charge in [-0.05, 0) is 68.2 Å². The maximum absolute atomic E-state index is 13.9. The maximum Gasteiger partial charge on any atom is 0.246 e. The number of thiazole rings is 1. The number of rotatable bonds is 10. The summed E-state index contributed by atoms with van der Waals surface area (Å²) in [4.78, 5) is 52.4. The number of aromatic nitrogens is 1. The zero-order valence-corrected chi connectivity index (χ0v) is 28.3. The Hall–Kier alpha value is -2.86. The number of hydrogen-bond acceptors (Lipinski definition) is 8. The maximum atomic E-state index is 13.9. The van der Waals surface area contributed by atoms with Gasteiger partial charge >= 0.3 is 0 Å². The highest BCUT2D eigenvalue weighted by atomic mass is 32.1. The van der Waals surface area contributed by atoms with E-state index in [0.717, 1.165) is 79.9 Å². The van der Waals surface area contributed by atoms with Crippen LogP contribution in [0.2, 0.25) is 0 Å². The SMILES string of the molecule is Cc1ncsc1-c1ccc(CNC(=O)C2CCCN2C(=O)C(NC(=O)CN2CCN(CC3CCNCC3)CC2)C(C)(C)C)cc1. The first kappa shape index (κ1) is 33.5. The van der Waals surface area contributed by atoms with E-state index in [1.54, 1.807) is 16.2 Å². The molecule has 0 bridgehead atoms. The first-order valence-corrected chi connectivity index (χ1v) is 17.5. The Balaban J connectivity index is 1.11. The number of carbonyl (C=O) groups excluding carboxylic acids is 3. The van der Waals surface area contributed by atoms with Crippen LogP contribution in [0, 0.1) is 18.3 Å². The second kappa shape index (κ2) is 15.2. The Morgan fingerprint density at radius 1 is 1.00 bits per heavy atom.